The smallest absolute Gasteiger partial charge is 0.343 e. The topological polar surface area (TPSA) is 132 Å². The maximum atomic E-state index is 12.9. The van der Waals surface area contributed by atoms with Gasteiger partial charge in [0.05, 0.1) is 12.2 Å². The Labute approximate surface area is 205 Å². The number of amidine groups is 1. The first kappa shape index (κ1) is 27.3. The minimum absolute atomic E-state index is 0.0701. The van der Waals surface area contributed by atoms with Crippen molar-refractivity contribution >= 4 is 29.8 Å². The van der Waals surface area contributed by atoms with Crippen LogP contribution in [0.3, 0.4) is 0 Å². The maximum Gasteiger partial charge on any atom is 0.343 e. The van der Waals surface area contributed by atoms with E-state index in [0.29, 0.717) is 47.6 Å². The number of carbonyl (C=O) groups is 3. The van der Waals surface area contributed by atoms with Crippen LogP contribution in [0.4, 0.5) is 0 Å². The molecule has 0 aliphatic carbocycles. The number of methoxy groups -OCH3 is 1. The summed E-state index contributed by atoms with van der Waals surface area (Å²) in [5.74, 6) is -1.03. The first-order valence-electron chi connectivity index (χ1n) is 11.1. The van der Waals surface area contributed by atoms with Gasteiger partial charge in [0.25, 0.3) is 0 Å². The first-order valence-corrected chi connectivity index (χ1v) is 11.1. The highest BCUT2D eigenvalue weighted by molar-refractivity contribution is 5.99. The van der Waals surface area contributed by atoms with Crippen LogP contribution in [-0.2, 0) is 19.1 Å². The Morgan fingerprint density at radius 3 is 2.23 bits per heavy atom. The van der Waals surface area contributed by atoms with Crippen LogP contribution < -0.4 is 10.5 Å². The number of hydrogen-bond acceptors (Lipinski definition) is 7. The van der Waals surface area contributed by atoms with Gasteiger partial charge in [0.1, 0.15) is 18.1 Å². The number of esters is 2. The zero-order chi connectivity index (χ0) is 25.8. The summed E-state index contributed by atoms with van der Waals surface area (Å²) in [4.78, 5) is 38.7. The fraction of sp³-hybridized carbons (Fsp3) is 0.308. The average molecular weight is 482 g/mol. The number of ether oxygens (including phenoxy) is 3. The molecule has 0 bridgehead atoms. The Balaban J connectivity index is 2.06. The average Bonchev–Trinajstić information content (AvgIpc) is 2.84. The van der Waals surface area contributed by atoms with E-state index in [1.165, 1.54) is 4.90 Å². The van der Waals surface area contributed by atoms with E-state index in [-0.39, 0.29) is 24.9 Å². The molecule has 2 aromatic carbocycles. The molecule has 0 aliphatic heterocycles. The van der Waals surface area contributed by atoms with Gasteiger partial charge in [-0.15, -0.1) is 0 Å². The van der Waals surface area contributed by atoms with E-state index >= 15 is 0 Å². The number of benzene rings is 2. The van der Waals surface area contributed by atoms with Gasteiger partial charge >= 0.3 is 11.9 Å². The first-order chi connectivity index (χ1) is 16.7. The van der Waals surface area contributed by atoms with Crippen molar-refractivity contribution in [1.82, 2.24) is 4.90 Å². The molecule has 3 N–H and O–H groups in total. The van der Waals surface area contributed by atoms with E-state index < -0.39 is 11.9 Å². The molecular formula is C26H31N3O6. The fourth-order valence-corrected chi connectivity index (χ4v) is 3.16. The Hall–Kier alpha value is -3.98. The van der Waals surface area contributed by atoms with Crippen LogP contribution in [0.1, 0.15) is 41.8 Å². The van der Waals surface area contributed by atoms with E-state index in [4.69, 9.17) is 25.4 Å². The van der Waals surface area contributed by atoms with Crippen LogP contribution in [-0.4, -0.2) is 62.0 Å². The Morgan fingerprint density at radius 1 is 1.03 bits per heavy atom. The van der Waals surface area contributed by atoms with Gasteiger partial charge in [-0.05, 0) is 68.3 Å². The largest absolute Gasteiger partial charge is 0.465 e. The molecule has 1 amide bonds. The van der Waals surface area contributed by atoms with Crippen molar-refractivity contribution in [2.24, 2.45) is 5.73 Å². The number of carbonyl (C=O) groups excluding carboxylic acids is 3. The highest BCUT2D eigenvalue weighted by atomic mass is 16.5. The summed E-state index contributed by atoms with van der Waals surface area (Å²) in [6, 6.07) is 12.9. The highest BCUT2D eigenvalue weighted by Gasteiger charge is 2.19. The molecule has 0 atom stereocenters. The lowest BCUT2D eigenvalue weighted by Crippen LogP contribution is -2.38. The molecule has 35 heavy (non-hydrogen) atoms. The highest BCUT2D eigenvalue weighted by Crippen LogP contribution is 2.16. The molecule has 0 aromatic heterocycles. The molecule has 9 nitrogen and oxygen atoms in total. The van der Waals surface area contributed by atoms with Crippen LogP contribution in [0.25, 0.3) is 6.08 Å². The summed E-state index contributed by atoms with van der Waals surface area (Å²) in [7, 11) is 1.58. The van der Waals surface area contributed by atoms with Crippen LogP contribution in [0.15, 0.2) is 54.1 Å². The van der Waals surface area contributed by atoms with Gasteiger partial charge in [-0.2, -0.15) is 0 Å². The number of nitrogens with zero attached hydrogens (tertiary/aromatic N) is 1. The SMILES string of the molecule is CCOC(=O)CN(CCCOC)C(=O)/C(C)=C/c1ccc(C(=O)Oc2ccc(C(=N)N)cc2)cc1. The number of nitrogens with one attached hydrogen (secondary N) is 1. The fourth-order valence-electron chi connectivity index (χ4n) is 3.16. The minimum atomic E-state index is -0.539. The Bertz CT molecular complexity index is 1060. The van der Waals surface area contributed by atoms with Crippen LogP contribution >= 0.6 is 0 Å². The van der Waals surface area contributed by atoms with Crippen molar-refractivity contribution in [3.8, 4) is 5.75 Å². The molecule has 0 heterocycles. The van der Waals surface area contributed by atoms with Crippen LogP contribution in [0.5, 0.6) is 5.75 Å². The van der Waals surface area contributed by atoms with Crippen molar-refractivity contribution < 1.29 is 28.6 Å². The standard InChI is InChI=1S/C26H31N3O6/c1-4-34-23(30)17-29(14-5-15-33-3)25(31)18(2)16-19-6-8-21(9-7-19)26(32)35-22-12-10-20(11-13-22)24(27)28/h6-13,16H,4-5,14-15,17H2,1-3H3,(H3,27,28)/b18-16+. The molecule has 186 valence electrons. The monoisotopic (exact) mass is 481 g/mol. The van der Waals surface area contributed by atoms with E-state index in [1.807, 2.05) is 0 Å². The second-order valence-electron chi connectivity index (χ2n) is 7.66. The summed E-state index contributed by atoms with van der Waals surface area (Å²) in [6.07, 6.45) is 2.27. The molecule has 2 aromatic rings. The lowest BCUT2D eigenvalue weighted by Gasteiger charge is -2.22. The second-order valence-corrected chi connectivity index (χ2v) is 7.66. The normalized spacial score (nSPS) is 11.0. The maximum absolute atomic E-state index is 12.9. The third-order valence-electron chi connectivity index (χ3n) is 4.93. The number of nitrogen functional groups attached to an aromatic ring is 1. The Kier molecular flexibility index (Phi) is 10.6. The van der Waals surface area contributed by atoms with E-state index in [9.17, 15) is 14.4 Å². The van der Waals surface area contributed by atoms with Gasteiger partial charge in [0.2, 0.25) is 5.91 Å². The predicted octanol–water partition coefficient (Wildman–Crippen LogP) is 3.02. The molecule has 0 saturated heterocycles. The summed E-state index contributed by atoms with van der Waals surface area (Å²) in [5, 5.41) is 7.40. The van der Waals surface area contributed by atoms with E-state index in [2.05, 4.69) is 0 Å². The van der Waals surface area contributed by atoms with Gasteiger partial charge in [0, 0.05) is 31.4 Å². The van der Waals surface area contributed by atoms with Crippen molar-refractivity contribution in [2.45, 2.75) is 20.3 Å². The summed E-state index contributed by atoms with van der Waals surface area (Å²) >= 11 is 0. The van der Waals surface area contributed by atoms with E-state index in [0.717, 1.165) is 0 Å². The summed E-state index contributed by atoms with van der Waals surface area (Å²) < 4.78 is 15.4. The minimum Gasteiger partial charge on any atom is -0.465 e. The van der Waals surface area contributed by atoms with Gasteiger partial charge in [-0.3, -0.25) is 15.0 Å². The third-order valence-corrected chi connectivity index (χ3v) is 4.93. The molecular weight excluding hydrogens is 450 g/mol. The second kappa shape index (κ2) is 13.7. The lowest BCUT2D eigenvalue weighted by molar-refractivity contribution is -0.148. The van der Waals surface area contributed by atoms with Crippen LogP contribution in [0.2, 0.25) is 0 Å². The molecule has 9 heteroatoms. The quantitative estimate of drug-likeness (QED) is 0.119. The van der Waals surface area contributed by atoms with Crippen molar-refractivity contribution in [3.05, 3.63) is 70.8 Å². The number of amides is 1. The van der Waals surface area contributed by atoms with Crippen molar-refractivity contribution in [3.63, 3.8) is 0 Å². The number of rotatable bonds is 12. The molecule has 0 unspecified atom stereocenters. The summed E-state index contributed by atoms with van der Waals surface area (Å²) in [5.41, 5.74) is 7.44. The van der Waals surface area contributed by atoms with Gasteiger partial charge in [-0.1, -0.05) is 12.1 Å². The molecule has 0 fully saturated rings. The van der Waals surface area contributed by atoms with Gasteiger partial charge in [0.15, 0.2) is 0 Å². The Morgan fingerprint density at radius 2 is 1.66 bits per heavy atom. The molecule has 2 rings (SSSR count). The van der Waals surface area contributed by atoms with E-state index in [1.54, 1.807) is 75.6 Å². The zero-order valence-electron chi connectivity index (χ0n) is 20.2. The van der Waals surface area contributed by atoms with Crippen molar-refractivity contribution in [2.75, 3.05) is 33.4 Å². The number of hydrogen-bond donors (Lipinski definition) is 2. The molecule has 0 spiro atoms. The molecule has 0 saturated carbocycles. The number of nitrogens with two attached hydrogens (primary N) is 1. The lowest BCUT2D eigenvalue weighted by atomic mass is 10.1. The van der Waals surface area contributed by atoms with Crippen LogP contribution in [0, 0.1) is 5.41 Å². The van der Waals surface area contributed by atoms with Gasteiger partial charge < -0.3 is 24.8 Å². The molecule has 0 radical (unpaired) electrons. The van der Waals surface area contributed by atoms with Gasteiger partial charge in [-0.25, -0.2) is 4.79 Å². The predicted molar refractivity (Wildman–Crippen MR) is 132 cm³/mol. The zero-order valence-corrected chi connectivity index (χ0v) is 20.2. The third kappa shape index (κ3) is 8.71. The molecule has 0 aliphatic rings. The van der Waals surface area contributed by atoms with Crippen molar-refractivity contribution in [1.29, 1.82) is 5.41 Å². The summed E-state index contributed by atoms with van der Waals surface area (Å²) in [6.45, 7) is 4.31.